The number of hydrogen-bond acceptors (Lipinski definition) is 1. The molecule has 1 atom stereocenters. The van der Waals surface area contributed by atoms with Gasteiger partial charge in [-0.25, -0.2) is 0 Å². The molecule has 0 aromatic heterocycles. The van der Waals surface area contributed by atoms with Crippen LogP contribution in [0.2, 0.25) is 0 Å². The molecule has 0 bridgehead atoms. The minimum atomic E-state index is -4.12. The molecular formula is C6H11F3NS+. The van der Waals surface area contributed by atoms with E-state index < -0.39 is 22.8 Å². The summed E-state index contributed by atoms with van der Waals surface area (Å²) in [6.45, 7) is 3.10. The van der Waals surface area contributed by atoms with E-state index in [1.807, 2.05) is 0 Å². The van der Waals surface area contributed by atoms with Crippen LogP contribution >= 0.6 is 0 Å². The average Bonchev–Trinajstić information content (AvgIpc) is 1.80. The number of hydrogen-bond donors (Lipinski definition) is 1. The van der Waals surface area contributed by atoms with E-state index in [1.54, 1.807) is 6.92 Å². The van der Waals surface area contributed by atoms with E-state index in [4.69, 9.17) is 5.41 Å². The monoisotopic (exact) mass is 186 g/mol. The lowest BCUT2D eigenvalue weighted by Gasteiger charge is -2.06. The average molecular weight is 186 g/mol. The van der Waals surface area contributed by atoms with Crippen molar-refractivity contribution < 1.29 is 13.2 Å². The van der Waals surface area contributed by atoms with E-state index in [1.165, 1.54) is 6.92 Å². The molecule has 0 radical (unpaired) electrons. The maximum absolute atomic E-state index is 11.8. The minimum absolute atomic E-state index is 0.143. The van der Waals surface area contributed by atoms with Crippen LogP contribution < -0.4 is 0 Å². The van der Waals surface area contributed by atoms with Crippen molar-refractivity contribution in [1.82, 2.24) is 0 Å². The van der Waals surface area contributed by atoms with E-state index >= 15 is 0 Å². The first-order valence-electron chi connectivity index (χ1n) is 3.16. The molecule has 0 aliphatic rings. The lowest BCUT2D eigenvalue weighted by atomic mass is 10.8. The van der Waals surface area contributed by atoms with Gasteiger partial charge in [-0.05, 0) is 6.92 Å². The van der Waals surface area contributed by atoms with Gasteiger partial charge in [0, 0.05) is 17.8 Å². The Morgan fingerprint density at radius 2 is 1.91 bits per heavy atom. The quantitative estimate of drug-likeness (QED) is 0.388. The molecule has 0 fully saturated rings. The van der Waals surface area contributed by atoms with Gasteiger partial charge < -0.3 is 0 Å². The molecule has 0 heterocycles. The molecule has 0 saturated carbocycles. The van der Waals surface area contributed by atoms with Crippen molar-refractivity contribution in [3.63, 3.8) is 0 Å². The lowest BCUT2D eigenvalue weighted by molar-refractivity contribution is -0.105. The van der Waals surface area contributed by atoms with Gasteiger partial charge >= 0.3 is 6.18 Å². The van der Waals surface area contributed by atoms with Crippen LogP contribution in [0, 0.1) is 5.41 Å². The van der Waals surface area contributed by atoms with Gasteiger partial charge in [0.2, 0.25) is 10.8 Å². The third-order valence-electron chi connectivity index (χ3n) is 1.12. The Morgan fingerprint density at radius 1 is 1.45 bits per heavy atom. The van der Waals surface area contributed by atoms with Crippen molar-refractivity contribution in [3.05, 3.63) is 0 Å². The SMILES string of the molecule is CC[S+](CC(F)(F)F)C(C)=N. The molecule has 1 N–H and O–H groups in total. The fourth-order valence-corrected chi connectivity index (χ4v) is 1.87. The lowest BCUT2D eigenvalue weighted by Crippen LogP contribution is -2.28. The van der Waals surface area contributed by atoms with Crippen molar-refractivity contribution in [1.29, 1.82) is 5.41 Å². The number of halogens is 3. The highest BCUT2D eigenvalue weighted by molar-refractivity contribution is 8.11. The predicted octanol–water partition coefficient (Wildman–Crippen LogP) is 2.18. The summed E-state index contributed by atoms with van der Waals surface area (Å²) in [4.78, 5) is 0. The Balaban J connectivity index is 3.99. The predicted molar refractivity (Wildman–Crippen MR) is 42.2 cm³/mol. The molecule has 0 saturated heterocycles. The highest BCUT2D eigenvalue weighted by Gasteiger charge is 2.39. The summed E-state index contributed by atoms with van der Waals surface area (Å²) < 4.78 is 35.3. The summed E-state index contributed by atoms with van der Waals surface area (Å²) in [5.74, 6) is -0.423. The molecule has 0 aliphatic carbocycles. The van der Waals surface area contributed by atoms with E-state index in [9.17, 15) is 13.2 Å². The van der Waals surface area contributed by atoms with Crippen molar-refractivity contribution in [3.8, 4) is 0 Å². The van der Waals surface area contributed by atoms with Crippen LogP contribution in [0.4, 0.5) is 13.2 Å². The van der Waals surface area contributed by atoms with Crippen LogP contribution in [-0.4, -0.2) is 22.7 Å². The number of rotatable bonds is 2. The zero-order valence-corrected chi connectivity index (χ0v) is 7.27. The summed E-state index contributed by atoms with van der Waals surface area (Å²) in [6.07, 6.45) is -4.12. The summed E-state index contributed by atoms with van der Waals surface area (Å²) in [7, 11) is -0.894. The molecule has 1 unspecified atom stereocenters. The smallest absolute Gasteiger partial charge is 0.261 e. The van der Waals surface area contributed by atoms with Crippen LogP contribution in [-0.2, 0) is 10.9 Å². The van der Waals surface area contributed by atoms with Crippen LogP contribution in [0.5, 0.6) is 0 Å². The Labute approximate surface area is 66.8 Å². The second-order valence-corrected chi connectivity index (χ2v) is 4.56. The van der Waals surface area contributed by atoms with Crippen molar-refractivity contribution >= 4 is 15.9 Å². The third-order valence-corrected chi connectivity index (χ3v) is 3.36. The minimum Gasteiger partial charge on any atom is -0.261 e. The third kappa shape index (κ3) is 5.12. The van der Waals surface area contributed by atoms with E-state index in [2.05, 4.69) is 0 Å². The fourth-order valence-electron chi connectivity index (χ4n) is 0.624. The molecule has 0 aliphatic heterocycles. The molecule has 66 valence electrons. The van der Waals surface area contributed by atoms with Gasteiger partial charge in [0.25, 0.3) is 0 Å². The topological polar surface area (TPSA) is 23.9 Å². The number of nitrogens with one attached hydrogen (secondary N) is 1. The van der Waals surface area contributed by atoms with Crippen LogP contribution in [0.15, 0.2) is 0 Å². The van der Waals surface area contributed by atoms with Gasteiger partial charge in [0.05, 0.1) is 0 Å². The fraction of sp³-hybridized carbons (Fsp3) is 0.833. The maximum atomic E-state index is 11.8. The van der Waals surface area contributed by atoms with Crippen molar-refractivity contribution in [2.24, 2.45) is 0 Å². The molecule has 0 amide bonds. The molecule has 0 aromatic carbocycles. The van der Waals surface area contributed by atoms with Gasteiger partial charge in [-0.1, -0.05) is 0 Å². The molecule has 0 spiro atoms. The first-order valence-corrected chi connectivity index (χ1v) is 4.72. The van der Waals surface area contributed by atoms with E-state index in [-0.39, 0.29) is 5.04 Å². The van der Waals surface area contributed by atoms with Gasteiger partial charge in [0.15, 0.2) is 0 Å². The highest BCUT2D eigenvalue weighted by atomic mass is 32.2. The Kier molecular flexibility index (Phi) is 3.92. The van der Waals surface area contributed by atoms with Gasteiger partial charge in [-0.15, -0.1) is 0 Å². The zero-order chi connectivity index (χ0) is 9.07. The standard InChI is InChI=1S/C6H11F3NS/c1-3-11(5(2)10)4-6(7,8)9/h10H,3-4H2,1-2H3/q+1. The van der Waals surface area contributed by atoms with Crippen LogP contribution in [0.25, 0.3) is 0 Å². The first-order chi connectivity index (χ1) is 4.87. The number of alkyl halides is 3. The van der Waals surface area contributed by atoms with Gasteiger partial charge in [-0.3, -0.25) is 5.41 Å². The summed E-state index contributed by atoms with van der Waals surface area (Å²) in [5, 5.41) is 7.19. The molecule has 0 aromatic rings. The second kappa shape index (κ2) is 3.99. The summed E-state index contributed by atoms with van der Waals surface area (Å²) in [6, 6.07) is 0. The Bertz CT molecular complexity index is 143. The summed E-state index contributed by atoms with van der Waals surface area (Å²) in [5.41, 5.74) is 0. The molecule has 1 nitrogen and oxygen atoms in total. The molecule has 11 heavy (non-hydrogen) atoms. The highest BCUT2D eigenvalue weighted by Crippen LogP contribution is 2.19. The van der Waals surface area contributed by atoms with Gasteiger partial charge in [0.1, 0.15) is 5.75 Å². The summed E-state index contributed by atoms with van der Waals surface area (Å²) >= 11 is 0. The maximum Gasteiger partial charge on any atom is 0.433 e. The Hall–Kier alpha value is -0.190. The van der Waals surface area contributed by atoms with Crippen LogP contribution in [0.3, 0.4) is 0 Å². The largest absolute Gasteiger partial charge is 0.433 e. The van der Waals surface area contributed by atoms with E-state index in [0.717, 1.165) is 0 Å². The van der Waals surface area contributed by atoms with Crippen molar-refractivity contribution in [2.75, 3.05) is 11.5 Å². The molecular weight excluding hydrogens is 175 g/mol. The first kappa shape index (κ1) is 10.8. The second-order valence-electron chi connectivity index (χ2n) is 2.10. The Morgan fingerprint density at radius 3 is 2.00 bits per heavy atom. The van der Waals surface area contributed by atoms with Crippen molar-refractivity contribution in [2.45, 2.75) is 20.0 Å². The normalized spacial score (nSPS) is 14.6. The van der Waals surface area contributed by atoms with Gasteiger partial charge in [-0.2, -0.15) is 13.2 Å². The molecule has 5 heteroatoms. The molecule has 0 rings (SSSR count). The zero-order valence-electron chi connectivity index (χ0n) is 6.46. The van der Waals surface area contributed by atoms with E-state index in [0.29, 0.717) is 5.75 Å². The van der Waals surface area contributed by atoms with Crippen LogP contribution in [0.1, 0.15) is 13.8 Å².